The Balaban J connectivity index is 1.82. The molecule has 1 heterocycles. The standard InChI is InChI=1S/C14H17NO3/c16-14(17)10-4-6-11(7-5-10)15-8-9-18-13-3-1-2-12(13)15/h4-7,12-13H,1-3,8-9H2,(H,16,17). The van der Waals surface area contributed by atoms with Crippen LogP contribution in [0.2, 0.25) is 0 Å². The van der Waals surface area contributed by atoms with E-state index in [1.165, 1.54) is 12.8 Å². The second kappa shape index (κ2) is 4.61. The van der Waals surface area contributed by atoms with Crippen molar-refractivity contribution >= 4 is 11.7 Å². The summed E-state index contributed by atoms with van der Waals surface area (Å²) in [7, 11) is 0. The third kappa shape index (κ3) is 1.97. The highest BCUT2D eigenvalue weighted by Crippen LogP contribution is 2.33. The van der Waals surface area contributed by atoms with Crippen molar-refractivity contribution in [2.45, 2.75) is 31.4 Å². The molecule has 0 radical (unpaired) electrons. The topological polar surface area (TPSA) is 49.8 Å². The van der Waals surface area contributed by atoms with E-state index in [9.17, 15) is 4.79 Å². The van der Waals surface area contributed by atoms with Crippen molar-refractivity contribution in [1.82, 2.24) is 0 Å². The van der Waals surface area contributed by atoms with Gasteiger partial charge in [0.15, 0.2) is 0 Å². The van der Waals surface area contributed by atoms with Crippen LogP contribution in [0.1, 0.15) is 29.6 Å². The Bertz CT molecular complexity index is 443. The quantitative estimate of drug-likeness (QED) is 0.870. The van der Waals surface area contributed by atoms with Crippen LogP contribution in [0.3, 0.4) is 0 Å². The first kappa shape index (κ1) is 11.5. The van der Waals surface area contributed by atoms with Crippen LogP contribution in [-0.4, -0.2) is 36.4 Å². The van der Waals surface area contributed by atoms with Gasteiger partial charge in [0.05, 0.1) is 24.3 Å². The van der Waals surface area contributed by atoms with E-state index >= 15 is 0 Å². The first-order valence-electron chi connectivity index (χ1n) is 6.47. The molecule has 2 atom stereocenters. The summed E-state index contributed by atoms with van der Waals surface area (Å²) in [6.07, 6.45) is 3.90. The van der Waals surface area contributed by atoms with Crippen LogP contribution in [0.15, 0.2) is 24.3 Å². The lowest BCUT2D eigenvalue weighted by molar-refractivity contribution is 0.0256. The number of carboxylic acid groups (broad SMARTS) is 1. The van der Waals surface area contributed by atoms with Gasteiger partial charge in [-0.3, -0.25) is 0 Å². The van der Waals surface area contributed by atoms with Crippen LogP contribution in [0.4, 0.5) is 5.69 Å². The molecule has 4 nitrogen and oxygen atoms in total. The van der Waals surface area contributed by atoms with E-state index in [1.807, 2.05) is 12.1 Å². The van der Waals surface area contributed by atoms with E-state index < -0.39 is 5.97 Å². The number of morpholine rings is 1. The third-order valence-electron chi connectivity index (χ3n) is 3.93. The second-order valence-corrected chi connectivity index (χ2v) is 4.95. The zero-order chi connectivity index (χ0) is 12.5. The number of benzene rings is 1. The van der Waals surface area contributed by atoms with Gasteiger partial charge in [-0.1, -0.05) is 0 Å². The van der Waals surface area contributed by atoms with Gasteiger partial charge in [0.2, 0.25) is 0 Å². The normalized spacial score (nSPS) is 27.0. The van der Waals surface area contributed by atoms with Crippen LogP contribution in [-0.2, 0) is 4.74 Å². The summed E-state index contributed by atoms with van der Waals surface area (Å²) in [6.45, 7) is 1.66. The van der Waals surface area contributed by atoms with Gasteiger partial charge < -0.3 is 14.7 Å². The SMILES string of the molecule is O=C(O)c1ccc(N2CCOC3CCCC32)cc1. The molecule has 3 rings (SSSR count). The fourth-order valence-electron chi connectivity index (χ4n) is 3.04. The number of hydrogen-bond donors (Lipinski definition) is 1. The molecule has 0 aromatic heterocycles. The van der Waals surface area contributed by atoms with Crippen LogP contribution >= 0.6 is 0 Å². The Morgan fingerprint density at radius 2 is 2.06 bits per heavy atom. The summed E-state index contributed by atoms with van der Waals surface area (Å²) < 4.78 is 5.78. The average Bonchev–Trinajstić information content (AvgIpc) is 2.87. The van der Waals surface area contributed by atoms with Crippen molar-refractivity contribution in [2.75, 3.05) is 18.1 Å². The van der Waals surface area contributed by atoms with Crippen LogP contribution in [0.25, 0.3) is 0 Å². The monoisotopic (exact) mass is 247 g/mol. The van der Waals surface area contributed by atoms with Gasteiger partial charge in [-0.2, -0.15) is 0 Å². The molecule has 0 amide bonds. The second-order valence-electron chi connectivity index (χ2n) is 4.95. The number of anilines is 1. The minimum Gasteiger partial charge on any atom is -0.478 e. The Morgan fingerprint density at radius 1 is 1.28 bits per heavy atom. The summed E-state index contributed by atoms with van der Waals surface area (Å²) >= 11 is 0. The maximum Gasteiger partial charge on any atom is 0.335 e. The molecule has 4 heteroatoms. The van der Waals surface area contributed by atoms with Gasteiger partial charge in [0, 0.05) is 12.2 Å². The number of nitrogens with zero attached hydrogens (tertiary/aromatic N) is 1. The van der Waals surface area contributed by atoms with E-state index in [2.05, 4.69) is 4.90 Å². The first-order valence-corrected chi connectivity index (χ1v) is 6.47. The van der Waals surface area contributed by atoms with E-state index in [1.54, 1.807) is 12.1 Å². The predicted molar refractivity (Wildman–Crippen MR) is 68.1 cm³/mol. The van der Waals surface area contributed by atoms with Crippen LogP contribution in [0, 0.1) is 0 Å². The predicted octanol–water partition coefficient (Wildman–Crippen LogP) is 2.14. The molecule has 1 aromatic carbocycles. The van der Waals surface area contributed by atoms with E-state index in [0.717, 1.165) is 25.3 Å². The van der Waals surface area contributed by atoms with Crippen LogP contribution in [0.5, 0.6) is 0 Å². The van der Waals surface area contributed by atoms with E-state index in [-0.39, 0.29) is 0 Å². The van der Waals surface area contributed by atoms with E-state index in [4.69, 9.17) is 9.84 Å². The highest BCUT2D eigenvalue weighted by atomic mass is 16.5. The lowest BCUT2D eigenvalue weighted by atomic mass is 10.1. The zero-order valence-corrected chi connectivity index (χ0v) is 10.2. The number of aromatic carboxylic acids is 1. The van der Waals surface area contributed by atoms with E-state index in [0.29, 0.717) is 17.7 Å². The Morgan fingerprint density at radius 3 is 2.78 bits per heavy atom. The summed E-state index contributed by atoms with van der Waals surface area (Å²) in [4.78, 5) is 13.2. The number of carboxylic acids is 1. The molecule has 0 bridgehead atoms. The van der Waals surface area contributed by atoms with Gasteiger partial charge in [0.1, 0.15) is 0 Å². The van der Waals surface area contributed by atoms with Gasteiger partial charge in [-0.25, -0.2) is 4.79 Å². The maximum atomic E-state index is 10.8. The smallest absolute Gasteiger partial charge is 0.335 e. The molecule has 18 heavy (non-hydrogen) atoms. The zero-order valence-electron chi connectivity index (χ0n) is 10.2. The number of hydrogen-bond acceptors (Lipinski definition) is 3. The Kier molecular flexibility index (Phi) is 2.96. The molecule has 96 valence electrons. The first-order chi connectivity index (χ1) is 8.75. The minimum atomic E-state index is -0.873. The lowest BCUT2D eigenvalue weighted by Crippen LogP contribution is -2.48. The molecular weight excluding hydrogens is 230 g/mol. The molecule has 1 aromatic rings. The molecule has 1 aliphatic carbocycles. The highest BCUT2D eigenvalue weighted by Gasteiger charge is 2.36. The molecule has 1 saturated heterocycles. The molecule has 1 N–H and O–H groups in total. The minimum absolute atomic E-state index is 0.343. The number of ether oxygens (including phenoxy) is 1. The molecule has 2 aliphatic rings. The van der Waals surface area contributed by atoms with Gasteiger partial charge >= 0.3 is 5.97 Å². The summed E-state index contributed by atoms with van der Waals surface area (Å²) in [5, 5.41) is 8.90. The molecule has 1 aliphatic heterocycles. The Labute approximate surface area is 106 Å². The largest absolute Gasteiger partial charge is 0.478 e. The molecular formula is C14H17NO3. The Hall–Kier alpha value is -1.55. The summed E-state index contributed by atoms with van der Waals surface area (Å²) in [5.41, 5.74) is 1.45. The number of rotatable bonds is 2. The van der Waals surface area contributed by atoms with Crippen molar-refractivity contribution in [3.8, 4) is 0 Å². The third-order valence-corrected chi connectivity index (χ3v) is 3.93. The van der Waals surface area contributed by atoms with Crippen molar-refractivity contribution < 1.29 is 14.6 Å². The van der Waals surface area contributed by atoms with Gasteiger partial charge in [0.25, 0.3) is 0 Å². The molecule has 0 spiro atoms. The fraction of sp³-hybridized carbons (Fsp3) is 0.500. The summed E-state index contributed by atoms with van der Waals surface area (Å²) in [5.74, 6) is -0.873. The van der Waals surface area contributed by atoms with Crippen molar-refractivity contribution in [3.63, 3.8) is 0 Å². The van der Waals surface area contributed by atoms with Gasteiger partial charge in [-0.15, -0.1) is 0 Å². The molecule has 2 unspecified atom stereocenters. The molecule has 1 saturated carbocycles. The van der Waals surface area contributed by atoms with Crippen LogP contribution < -0.4 is 4.90 Å². The van der Waals surface area contributed by atoms with Crippen molar-refractivity contribution in [3.05, 3.63) is 29.8 Å². The average molecular weight is 247 g/mol. The lowest BCUT2D eigenvalue weighted by Gasteiger charge is -2.39. The van der Waals surface area contributed by atoms with Gasteiger partial charge in [-0.05, 0) is 43.5 Å². The maximum absolute atomic E-state index is 10.8. The fourth-order valence-corrected chi connectivity index (χ4v) is 3.04. The highest BCUT2D eigenvalue weighted by molar-refractivity contribution is 5.88. The number of carbonyl (C=O) groups is 1. The molecule has 2 fully saturated rings. The summed E-state index contributed by atoms with van der Waals surface area (Å²) in [6, 6.07) is 7.64. The van der Waals surface area contributed by atoms with Crippen molar-refractivity contribution in [2.24, 2.45) is 0 Å². The number of fused-ring (bicyclic) bond motifs is 1. The van der Waals surface area contributed by atoms with Crippen molar-refractivity contribution in [1.29, 1.82) is 0 Å².